The van der Waals surface area contributed by atoms with Crippen molar-refractivity contribution in [2.24, 2.45) is 5.92 Å². The molecule has 2 aliphatic rings. The van der Waals surface area contributed by atoms with Crippen LogP contribution in [0.2, 0.25) is 0 Å². The van der Waals surface area contributed by atoms with Crippen molar-refractivity contribution in [3.05, 3.63) is 35.4 Å². The Morgan fingerprint density at radius 3 is 2.70 bits per heavy atom. The number of ether oxygens (including phenoxy) is 2. The van der Waals surface area contributed by atoms with Gasteiger partial charge in [-0.1, -0.05) is 24.3 Å². The Morgan fingerprint density at radius 2 is 1.95 bits per heavy atom. The Hall–Kier alpha value is -0.900. The van der Waals surface area contributed by atoms with Crippen LogP contribution >= 0.6 is 0 Å². The van der Waals surface area contributed by atoms with E-state index in [0.29, 0.717) is 5.92 Å². The Balaban J connectivity index is 1.75. The summed E-state index contributed by atoms with van der Waals surface area (Å²) in [5, 5.41) is 10.8. The summed E-state index contributed by atoms with van der Waals surface area (Å²) < 4.78 is 11.5. The van der Waals surface area contributed by atoms with Gasteiger partial charge in [-0.05, 0) is 49.7 Å². The lowest BCUT2D eigenvalue weighted by Crippen LogP contribution is -2.45. The molecule has 3 heteroatoms. The first-order valence-electron chi connectivity index (χ1n) is 7.65. The summed E-state index contributed by atoms with van der Waals surface area (Å²) >= 11 is 0. The van der Waals surface area contributed by atoms with Gasteiger partial charge in [0.2, 0.25) is 0 Å². The lowest BCUT2D eigenvalue weighted by atomic mass is 9.77. The number of hydrogen-bond donors (Lipinski definition) is 1. The molecule has 1 spiro atoms. The molecule has 0 bridgehead atoms. The van der Waals surface area contributed by atoms with Crippen LogP contribution in [0.4, 0.5) is 0 Å². The average molecular weight is 276 g/mol. The van der Waals surface area contributed by atoms with Crippen molar-refractivity contribution < 1.29 is 14.6 Å². The van der Waals surface area contributed by atoms with Crippen molar-refractivity contribution in [1.82, 2.24) is 0 Å². The van der Waals surface area contributed by atoms with Gasteiger partial charge in [-0.25, -0.2) is 0 Å². The molecule has 2 fully saturated rings. The van der Waals surface area contributed by atoms with Crippen LogP contribution in [0, 0.1) is 12.8 Å². The molecule has 2 unspecified atom stereocenters. The number of aliphatic hydroxyl groups excluding tert-OH is 1. The second-order valence-electron chi connectivity index (χ2n) is 6.20. The minimum absolute atomic E-state index is 0.0508. The predicted octanol–water partition coefficient (Wildman–Crippen LogP) is 3.00. The highest BCUT2D eigenvalue weighted by molar-refractivity contribution is 5.28. The molecule has 2 aliphatic heterocycles. The Morgan fingerprint density at radius 1 is 1.20 bits per heavy atom. The van der Waals surface area contributed by atoms with Crippen molar-refractivity contribution in [1.29, 1.82) is 0 Å². The summed E-state index contributed by atoms with van der Waals surface area (Å²) in [6.45, 7) is 4.40. The standard InChI is InChI=1S/C17H24O3/c1-13-4-2-3-5-15(13)16(18)14-6-9-20-17(12-14)7-10-19-11-8-17/h2-5,14,16,18H,6-12H2,1H3. The summed E-state index contributed by atoms with van der Waals surface area (Å²) in [6, 6.07) is 8.15. The molecule has 0 aromatic heterocycles. The van der Waals surface area contributed by atoms with E-state index < -0.39 is 0 Å². The second-order valence-corrected chi connectivity index (χ2v) is 6.20. The van der Waals surface area contributed by atoms with Gasteiger partial charge in [0.05, 0.1) is 11.7 Å². The fraction of sp³-hybridized carbons (Fsp3) is 0.647. The topological polar surface area (TPSA) is 38.7 Å². The van der Waals surface area contributed by atoms with Gasteiger partial charge in [-0.3, -0.25) is 0 Å². The molecule has 20 heavy (non-hydrogen) atoms. The van der Waals surface area contributed by atoms with E-state index in [9.17, 15) is 5.11 Å². The van der Waals surface area contributed by atoms with Gasteiger partial charge >= 0.3 is 0 Å². The van der Waals surface area contributed by atoms with Crippen LogP contribution in [-0.4, -0.2) is 30.5 Å². The number of aliphatic hydroxyl groups is 1. The van der Waals surface area contributed by atoms with E-state index in [-0.39, 0.29) is 11.7 Å². The first-order valence-corrected chi connectivity index (χ1v) is 7.65. The van der Waals surface area contributed by atoms with Crippen LogP contribution < -0.4 is 0 Å². The summed E-state index contributed by atoms with van der Waals surface area (Å²) in [4.78, 5) is 0. The molecule has 0 radical (unpaired) electrons. The molecule has 1 N–H and O–H groups in total. The molecular formula is C17H24O3. The third-order valence-electron chi connectivity index (χ3n) is 4.89. The van der Waals surface area contributed by atoms with Crippen LogP contribution in [0.1, 0.15) is 42.9 Å². The largest absolute Gasteiger partial charge is 0.388 e. The molecule has 3 rings (SSSR count). The number of aryl methyl sites for hydroxylation is 1. The third kappa shape index (κ3) is 2.76. The fourth-order valence-corrected chi connectivity index (χ4v) is 3.60. The molecule has 0 saturated carbocycles. The zero-order valence-electron chi connectivity index (χ0n) is 12.2. The summed E-state index contributed by atoms with van der Waals surface area (Å²) in [6.07, 6.45) is 3.44. The van der Waals surface area contributed by atoms with E-state index >= 15 is 0 Å². The Kier molecular flexibility index (Phi) is 4.11. The van der Waals surface area contributed by atoms with E-state index in [0.717, 1.165) is 51.1 Å². The molecule has 1 aromatic rings. The average Bonchev–Trinajstić information content (AvgIpc) is 2.48. The first-order chi connectivity index (χ1) is 9.70. The maximum atomic E-state index is 10.8. The van der Waals surface area contributed by atoms with E-state index in [4.69, 9.17) is 9.47 Å². The third-order valence-corrected chi connectivity index (χ3v) is 4.89. The highest BCUT2D eigenvalue weighted by Crippen LogP contribution is 2.42. The van der Waals surface area contributed by atoms with Crippen LogP contribution in [0.25, 0.3) is 0 Å². The van der Waals surface area contributed by atoms with Gasteiger partial charge < -0.3 is 14.6 Å². The Bertz CT molecular complexity index is 446. The minimum atomic E-state index is -0.375. The second kappa shape index (κ2) is 5.84. The van der Waals surface area contributed by atoms with Crippen molar-refractivity contribution in [3.63, 3.8) is 0 Å². The van der Waals surface area contributed by atoms with Crippen molar-refractivity contribution in [2.45, 2.75) is 44.3 Å². The maximum Gasteiger partial charge on any atom is 0.0822 e. The lowest BCUT2D eigenvalue weighted by molar-refractivity contribution is -0.159. The van der Waals surface area contributed by atoms with Crippen molar-refractivity contribution >= 4 is 0 Å². The monoisotopic (exact) mass is 276 g/mol. The van der Waals surface area contributed by atoms with Gasteiger partial charge in [0.25, 0.3) is 0 Å². The fourth-order valence-electron chi connectivity index (χ4n) is 3.60. The van der Waals surface area contributed by atoms with Gasteiger partial charge in [-0.15, -0.1) is 0 Å². The van der Waals surface area contributed by atoms with Gasteiger partial charge in [0, 0.05) is 19.8 Å². The molecule has 3 nitrogen and oxygen atoms in total. The van der Waals surface area contributed by atoms with Crippen LogP contribution in [0.15, 0.2) is 24.3 Å². The zero-order chi connectivity index (χ0) is 14.0. The van der Waals surface area contributed by atoms with E-state index in [2.05, 4.69) is 13.0 Å². The van der Waals surface area contributed by atoms with Crippen molar-refractivity contribution in [2.75, 3.05) is 19.8 Å². The smallest absolute Gasteiger partial charge is 0.0822 e. The molecule has 0 aliphatic carbocycles. The van der Waals surface area contributed by atoms with Crippen LogP contribution in [-0.2, 0) is 9.47 Å². The number of hydrogen-bond acceptors (Lipinski definition) is 3. The normalized spacial score (nSPS) is 27.4. The highest BCUT2D eigenvalue weighted by Gasteiger charge is 2.41. The molecule has 0 amide bonds. The molecule has 1 aromatic carbocycles. The summed E-state index contributed by atoms with van der Waals surface area (Å²) in [5.41, 5.74) is 2.19. The molecule has 2 saturated heterocycles. The van der Waals surface area contributed by atoms with Crippen molar-refractivity contribution in [3.8, 4) is 0 Å². The molecule has 110 valence electrons. The summed E-state index contributed by atoms with van der Waals surface area (Å²) in [7, 11) is 0. The van der Waals surface area contributed by atoms with E-state index in [1.165, 1.54) is 5.56 Å². The molecule has 2 heterocycles. The quantitative estimate of drug-likeness (QED) is 0.902. The van der Waals surface area contributed by atoms with E-state index in [1.807, 2.05) is 18.2 Å². The van der Waals surface area contributed by atoms with Gasteiger partial charge in [0.1, 0.15) is 0 Å². The zero-order valence-corrected chi connectivity index (χ0v) is 12.2. The minimum Gasteiger partial charge on any atom is -0.388 e. The number of benzene rings is 1. The van der Waals surface area contributed by atoms with Crippen LogP contribution in [0.3, 0.4) is 0 Å². The highest BCUT2D eigenvalue weighted by atomic mass is 16.5. The Labute approximate surface area is 120 Å². The van der Waals surface area contributed by atoms with E-state index in [1.54, 1.807) is 0 Å². The van der Waals surface area contributed by atoms with Gasteiger partial charge in [-0.2, -0.15) is 0 Å². The van der Waals surface area contributed by atoms with Gasteiger partial charge in [0.15, 0.2) is 0 Å². The number of rotatable bonds is 2. The maximum absolute atomic E-state index is 10.8. The lowest BCUT2D eigenvalue weighted by Gasteiger charge is -2.44. The summed E-state index contributed by atoms with van der Waals surface area (Å²) in [5.74, 6) is 0.294. The molecule has 2 atom stereocenters. The molecular weight excluding hydrogens is 252 g/mol. The predicted molar refractivity (Wildman–Crippen MR) is 77.6 cm³/mol. The SMILES string of the molecule is Cc1ccccc1C(O)C1CCOC2(CCOCC2)C1. The van der Waals surface area contributed by atoms with Crippen LogP contribution in [0.5, 0.6) is 0 Å². The first kappa shape index (κ1) is 14.1.